The highest BCUT2D eigenvalue weighted by molar-refractivity contribution is 6.28. The van der Waals surface area contributed by atoms with E-state index < -0.39 is 5.97 Å². The first-order chi connectivity index (χ1) is 6.22. The number of hydrogen-bond acceptors (Lipinski definition) is 6. The van der Waals surface area contributed by atoms with Crippen LogP contribution >= 0.6 is 11.6 Å². The third kappa shape index (κ3) is 3.20. The lowest BCUT2D eigenvalue weighted by Crippen LogP contribution is -2.15. The highest BCUT2D eigenvalue weighted by Crippen LogP contribution is 2.02. The average Bonchev–Trinajstić information content (AvgIpc) is 2.14. The molecule has 13 heavy (non-hydrogen) atoms. The van der Waals surface area contributed by atoms with Crippen LogP contribution in [0.3, 0.4) is 0 Å². The fourth-order valence-electron chi connectivity index (χ4n) is 0.602. The first-order valence-corrected chi connectivity index (χ1v) is 3.76. The van der Waals surface area contributed by atoms with Gasteiger partial charge in [0.1, 0.15) is 12.4 Å². The minimum absolute atomic E-state index is 0.0194. The maximum atomic E-state index is 10.7. The fraction of sp³-hybridized carbons (Fsp3) is 0.333. The fourth-order valence-corrected chi connectivity index (χ4v) is 0.737. The quantitative estimate of drug-likeness (QED) is 0.701. The molecule has 0 saturated heterocycles. The predicted molar refractivity (Wildman–Crippen MR) is 45.3 cm³/mol. The Labute approximate surface area is 79.3 Å². The van der Waals surface area contributed by atoms with Crippen molar-refractivity contribution in [1.82, 2.24) is 15.2 Å². The summed E-state index contributed by atoms with van der Waals surface area (Å²) < 4.78 is 4.40. The van der Waals surface area contributed by atoms with Crippen LogP contribution in [0.2, 0.25) is 5.28 Å². The van der Waals surface area contributed by atoms with Crippen LogP contribution in [-0.4, -0.2) is 34.8 Å². The molecule has 1 rings (SSSR count). The van der Waals surface area contributed by atoms with Crippen molar-refractivity contribution in [3.05, 3.63) is 11.5 Å². The van der Waals surface area contributed by atoms with Gasteiger partial charge >= 0.3 is 5.97 Å². The molecule has 0 aliphatic heterocycles. The largest absolute Gasteiger partial charge is 0.468 e. The Morgan fingerprint density at radius 2 is 2.54 bits per heavy atom. The number of rotatable bonds is 3. The zero-order valence-corrected chi connectivity index (χ0v) is 7.58. The van der Waals surface area contributed by atoms with Gasteiger partial charge < -0.3 is 10.1 Å². The van der Waals surface area contributed by atoms with E-state index in [0.717, 1.165) is 0 Å². The molecule has 1 aromatic heterocycles. The van der Waals surface area contributed by atoms with Gasteiger partial charge in [-0.05, 0) is 11.6 Å². The van der Waals surface area contributed by atoms with Gasteiger partial charge in [0, 0.05) is 0 Å². The van der Waals surface area contributed by atoms with Crippen molar-refractivity contribution < 1.29 is 9.53 Å². The van der Waals surface area contributed by atoms with Crippen molar-refractivity contribution in [3.8, 4) is 0 Å². The van der Waals surface area contributed by atoms with E-state index in [-0.39, 0.29) is 11.8 Å². The van der Waals surface area contributed by atoms with Crippen LogP contribution in [0, 0.1) is 0 Å². The second-order valence-corrected chi connectivity index (χ2v) is 2.38. The number of nitrogens with zero attached hydrogens (tertiary/aromatic N) is 3. The van der Waals surface area contributed by atoms with E-state index >= 15 is 0 Å². The summed E-state index contributed by atoms with van der Waals surface area (Å²) in [4.78, 5) is 14.4. The molecule has 6 nitrogen and oxygen atoms in total. The van der Waals surface area contributed by atoms with Gasteiger partial charge in [-0.1, -0.05) is 0 Å². The number of carbonyl (C=O) groups excluding carboxylic acids is 1. The molecule has 0 aliphatic carbocycles. The van der Waals surface area contributed by atoms with Crippen molar-refractivity contribution >= 4 is 23.4 Å². The number of methoxy groups -OCH3 is 1. The van der Waals surface area contributed by atoms with Gasteiger partial charge in [-0.15, -0.1) is 5.10 Å². The minimum atomic E-state index is -0.394. The van der Waals surface area contributed by atoms with Gasteiger partial charge in [-0.25, -0.2) is 0 Å². The number of anilines is 1. The lowest BCUT2D eigenvalue weighted by Gasteiger charge is -2.01. The summed E-state index contributed by atoms with van der Waals surface area (Å²) in [7, 11) is 1.30. The molecule has 0 amide bonds. The molecule has 0 saturated carbocycles. The Bertz CT molecular complexity index is 306. The highest BCUT2D eigenvalue weighted by Gasteiger charge is 2.01. The maximum absolute atomic E-state index is 10.7. The molecule has 0 radical (unpaired) electrons. The van der Waals surface area contributed by atoms with Crippen molar-refractivity contribution in [1.29, 1.82) is 0 Å². The molecule has 1 aromatic rings. The van der Waals surface area contributed by atoms with Crippen LogP contribution in [0.25, 0.3) is 0 Å². The maximum Gasteiger partial charge on any atom is 0.325 e. The van der Waals surface area contributed by atoms with Crippen LogP contribution in [0.5, 0.6) is 0 Å². The van der Waals surface area contributed by atoms with Gasteiger partial charge in [0.05, 0.1) is 13.3 Å². The first-order valence-electron chi connectivity index (χ1n) is 3.38. The van der Waals surface area contributed by atoms with E-state index in [1.165, 1.54) is 13.3 Å². The second kappa shape index (κ2) is 4.56. The number of ether oxygens (including phenoxy) is 1. The van der Waals surface area contributed by atoms with E-state index in [0.29, 0.717) is 5.82 Å². The highest BCUT2D eigenvalue weighted by atomic mass is 35.5. The molecule has 0 bridgehead atoms. The van der Waals surface area contributed by atoms with Crippen molar-refractivity contribution in [2.75, 3.05) is 19.0 Å². The number of halogens is 1. The van der Waals surface area contributed by atoms with Crippen molar-refractivity contribution in [2.45, 2.75) is 0 Å². The Kier molecular flexibility index (Phi) is 3.39. The Morgan fingerprint density at radius 3 is 3.15 bits per heavy atom. The van der Waals surface area contributed by atoms with Gasteiger partial charge in [-0.3, -0.25) is 4.79 Å². The van der Waals surface area contributed by atoms with Gasteiger partial charge in [0.2, 0.25) is 5.28 Å². The van der Waals surface area contributed by atoms with Crippen LogP contribution in [-0.2, 0) is 9.53 Å². The number of hydrogen-bond donors (Lipinski definition) is 1. The summed E-state index contributed by atoms with van der Waals surface area (Å²) >= 11 is 5.45. The summed E-state index contributed by atoms with van der Waals surface area (Å²) in [6, 6.07) is 0. The van der Waals surface area contributed by atoms with E-state index in [1.807, 2.05) is 0 Å². The third-order valence-electron chi connectivity index (χ3n) is 1.17. The van der Waals surface area contributed by atoms with Crippen LogP contribution in [0.15, 0.2) is 6.20 Å². The van der Waals surface area contributed by atoms with Crippen LogP contribution in [0.4, 0.5) is 5.82 Å². The number of carbonyl (C=O) groups is 1. The summed E-state index contributed by atoms with van der Waals surface area (Å²) in [5, 5.41) is 9.65. The van der Waals surface area contributed by atoms with E-state index in [4.69, 9.17) is 11.6 Å². The van der Waals surface area contributed by atoms with Gasteiger partial charge in [0.25, 0.3) is 0 Å². The average molecular weight is 203 g/mol. The second-order valence-electron chi connectivity index (χ2n) is 2.04. The molecule has 0 aromatic carbocycles. The Morgan fingerprint density at radius 1 is 1.77 bits per heavy atom. The van der Waals surface area contributed by atoms with Gasteiger partial charge in [0.15, 0.2) is 0 Å². The summed E-state index contributed by atoms with van der Waals surface area (Å²) in [5.74, 6) is -0.0138. The lowest BCUT2D eigenvalue weighted by molar-refractivity contribution is -0.138. The van der Waals surface area contributed by atoms with Crippen LogP contribution < -0.4 is 5.32 Å². The number of aromatic nitrogens is 3. The SMILES string of the molecule is COC(=O)CNc1cnnc(Cl)n1. The third-order valence-corrected chi connectivity index (χ3v) is 1.33. The molecule has 0 fully saturated rings. The van der Waals surface area contributed by atoms with Crippen molar-refractivity contribution in [2.24, 2.45) is 0 Å². The zero-order chi connectivity index (χ0) is 9.68. The van der Waals surface area contributed by atoms with E-state index in [9.17, 15) is 4.79 Å². The van der Waals surface area contributed by atoms with E-state index in [2.05, 4.69) is 25.2 Å². The topological polar surface area (TPSA) is 77.0 Å². The van der Waals surface area contributed by atoms with Gasteiger partial charge in [-0.2, -0.15) is 10.1 Å². The Balaban J connectivity index is 2.50. The first kappa shape index (κ1) is 9.66. The predicted octanol–water partition coefficient (Wildman–Crippen LogP) is 0.110. The standard InChI is InChI=1S/C6H7ClN4O2/c1-13-5(12)3-8-4-2-9-11-6(7)10-4/h2H,3H2,1H3,(H,8,10,11). The minimum Gasteiger partial charge on any atom is -0.468 e. The summed E-state index contributed by atoms with van der Waals surface area (Å²) in [5.41, 5.74) is 0. The monoisotopic (exact) mass is 202 g/mol. The zero-order valence-electron chi connectivity index (χ0n) is 6.82. The molecule has 0 spiro atoms. The number of esters is 1. The number of nitrogens with one attached hydrogen (secondary N) is 1. The van der Waals surface area contributed by atoms with Crippen molar-refractivity contribution in [3.63, 3.8) is 0 Å². The molecular weight excluding hydrogens is 196 g/mol. The van der Waals surface area contributed by atoms with E-state index in [1.54, 1.807) is 0 Å². The Hall–Kier alpha value is -1.43. The molecule has 7 heteroatoms. The molecule has 0 aliphatic rings. The molecule has 0 atom stereocenters. The smallest absolute Gasteiger partial charge is 0.325 e. The molecule has 70 valence electrons. The van der Waals surface area contributed by atoms with Crippen LogP contribution in [0.1, 0.15) is 0 Å². The molecule has 1 heterocycles. The molecular formula is C6H7ClN4O2. The summed E-state index contributed by atoms with van der Waals surface area (Å²) in [6.45, 7) is 0.0194. The lowest BCUT2D eigenvalue weighted by atomic mass is 10.6. The molecule has 0 unspecified atom stereocenters. The normalized spacial score (nSPS) is 9.38. The summed E-state index contributed by atoms with van der Waals surface area (Å²) in [6.07, 6.45) is 1.36. The molecule has 1 N–H and O–H groups in total.